The molecule has 17 heteroatoms. The first-order valence-electron chi connectivity index (χ1n) is 21.3. The minimum atomic E-state index is -1.19. The number of unbranched alkanes of at least 4 members (excludes halogenated alkanes) is 1. The van der Waals surface area contributed by atoms with E-state index >= 15 is 0 Å². The van der Waals surface area contributed by atoms with Gasteiger partial charge in [-0.05, 0) is 102 Å². The molecule has 16 nitrogen and oxygen atoms in total. The van der Waals surface area contributed by atoms with Crippen LogP contribution >= 0.6 is 11.8 Å². The van der Waals surface area contributed by atoms with Gasteiger partial charge < -0.3 is 47.2 Å². The van der Waals surface area contributed by atoms with Gasteiger partial charge in [0.2, 0.25) is 41.4 Å². The molecule has 3 aliphatic rings. The largest absolute Gasteiger partial charge is 0.391 e. The van der Waals surface area contributed by atoms with Crippen molar-refractivity contribution in [2.75, 3.05) is 38.2 Å². The number of likely N-dealkylation sites (tertiary alicyclic amines) is 2. The van der Waals surface area contributed by atoms with Crippen LogP contribution < -0.4 is 32.3 Å². The molecule has 324 valence electrons. The molecule has 2 heterocycles. The zero-order valence-electron chi connectivity index (χ0n) is 34.7. The van der Waals surface area contributed by atoms with Crippen LogP contribution in [0.2, 0.25) is 0 Å². The van der Waals surface area contributed by atoms with E-state index in [1.54, 1.807) is 0 Å². The highest BCUT2D eigenvalue weighted by atomic mass is 32.2. The molecular formula is C40H70N8O8S. The molecular weight excluding hydrogens is 753 g/mol. The summed E-state index contributed by atoms with van der Waals surface area (Å²) in [6.07, 6.45) is 11.6. The molecule has 1 unspecified atom stereocenters. The van der Waals surface area contributed by atoms with Gasteiger partial charge in [0.25, 0.3) is 0 Å². The molecule has 3 rings (SSSR count). The molecule has 2 aliphatic heterocycles. The second-order valence-electron chi connectivity index (χ2n) is 15.9. The lowest BCUT2D eigenvalue weighted by atomic mass is 9.84. The van der Waals surface area contributed by atoms with Crippen LogP contribution in [-0.2, 0) is 33.6 Å². The highest BCUT2D eigenvalue weighted by Gasteiger charge is 2.42. The van der Waals surface area contributed by atoms with Gasteiger partial charge in [-0.1, -0.05) is 39.0 Å². The number of piperidine rings is 1. The topological polar surface area (TPSA) is 232 Å². The number of hydrogen-bond acceptors (Lipinski definition) is 10. The maximum atomic E-state index is 14.4. The summed E-state index contributed by atoms with van der Waals surface area (Å²) in [5.74, 6) is -2.27. The number of nitrogens with zero attached hydrogens (tertiary/aromatic N) is 2. The minimum absolute atomic E-state index is 0.280. The van der Waals surface area contributed by atoms with Gasteiger partial charge in [0.1, 0.15) is 36.3 Å². The number of carbonyl (C=O) groups excluding carboxylic acids is 7. The standard InChI is InChI=1S/C40H70N8O8S/c1-5-21-42-38(54)34(26(2)49)46-37(53)33-18-13-23-48(33)40(56)30(19-24-57-4)45-36(52)32-17-10-12-22-47(32)39(55)29(16-9-11-20-41)44-35(51)31(43-27(3)50)25-28-14-7-6-8-15-28/h26,28-34,49H,5-25,41H2,1-4H3,(H,42,54)(H,43,50)(H,44,51)(H,45,52)(H,46,53)/t26?,29-,30-,31-,32-,33-,34-/m0/s1. The molecule has 2 saturated heterocycles. The minimum Gasteiger partial charge on any atom is -0.391 e. The third-order valence-corrected chi connectivity index (χ3v) is 12.0. The molecule has 0 spiro atoms. The number of aliphatic hydroxyl groups is 1. The van der Waals surface area contributed by atoms with Crippen molar-refractivity contribution in [3.63, 3.8) is 0 Å². The van der Waals surface area contributed by atoms with E-state index in [9.17, 15) is 38.7 Å². The number of aliphatic hydroxyl groups excluding tert-OH is 1. The van der Waals surface area contributed by atoms with Gasteiger partial charge in [-0.2, -0.15) is 11.8 Å². The number of hydrogen-bond donors (Lipinski definition) is 7. The Hall–Kier alpha value is -3.44. The number of rotatable bonds is 22. The van der Waals surface area contributed by atoms with E-state index in [-0.39, 0.29) is 18.9 Å². The van der Waals surface area contributed by atoms with Crippen LogP contribution in [0.15, 0.2) is 0 Å². The van der Waals surface area contributed by atoms with Gasteiger partial charge >= 0.3 is 0 Å². The maximum Gasteiger partial charge on any atom is 0.245 e. The van der Waals surface area contributed by atoms with Crippen LogP contribution in [0.5, 0.6) is 0 Å². The van der Waals surface area contributed by atoms with E-state index in [0.29, 0.717) is 95.5 Å². The van der Waals surface area contributed by atoms with Crippen LogP contribution in [0.25, 0.3) is 0 Å². The second kappa shape index (κ2) is 25.1. The average Bonchev–Trinajstić information content (AvgIpc) is 3.70. The van der Waals surface area contributed by atoms with Crippen LogP contribution in [0.1, 0.15) is 124 Å². The molecule has 1 saturated carbocycles. The zero-order chi connectivity index (χ0) is 41.9. The molecule has 7 atom stereocenters. The van der Waals surface area contributed by atoms with Crippen LogP contribution in [-0.4, -0.2) is 137 Å². The Morgan fingerprint density at radius 2 is 1.33 bits per heavy atom. The van der Waals surface area contributed by atoms with Gasteiger partial charge in [-0.25, -0.2) is 0 Å². The highest BCUT2D eigenvalue weighted by Crippen LogP contribution is 2.28. The van der Waals surface area contributed by atoms with Crippen molar-refractivity contribution in [1.29, 1.82) is 0 Å². The SMILES string of the molecule is CCCNC(=O)[C@@H](NC(=O)[C@@H]1CCCN1C(=O)[C@H](CCSC)NC(=O)[C@@H]1CCCCN1C(=O)[C@H](CCCCN)NC(=O)[C@H](CC1CCCCC1)NC(C)=O)C(C)O. The Labute approximate surface area is 343 Å². The monoisotopic (exact) mass is 823 g/mol. The van der Waals surface area contributed by atoms with Gasteiger partial charge in [-0.3, -0.25) is 33.6 Å². The number of thioether (sulfide) groups is 1. The predicted molar refractivity (Wildman–Crippen MR) is 220 cm³/mol. The summed E-state index contributed by atoms with van der Waals surface area (Å²) in [4.78, 5) is 97.8. The summed E-state index contributed by atoms with van der Waals surface area (Å²) in [6.45, 7) is 6.06. The summed E-state index contributed by atoms with van der Waals surface area (Å²) in [5.41, 5.74) is 5.78. The Kier molecular flexibility index (Phi) is 21.1. The van der Waals surface area contributed by atoms with E-state index in [1.807, 2.05) is 13.2 Å². The number of amides is 7. The Bertz CT molecular complexity index is 1350. The van der Waals surface area contributed by atoms with E-state index in [4.69, 9.17) is 5.73 Å². The lowest BCUT2D eigenvalue weighted by molar-refractivity contribution is -0.147. The quantitative estimate of drug-likeness (QED) is 0.0769. The zero-order valence-corrected chi connectivity index (χ0v) is 35.5. The van der Waals surface area contributed by atoms with Crippen LogP contribution in [0.4, 0.5) is 0 Å². The Balaban J connectivity index is 1.78. The van der Waals surface area contributed by atoms with Gasteiger partial charge in [0.15, 0.2) is 0 Å². The van der Waals surface area contributed by atoms with Crippen LogP contribution in [0.3, 0.4) is 0 Å². The van der Waals surface area contributed by atoms with Crippen molar-refractivity contribution in [1.82, 2.24) is 36.4 Å². The first kappa shape index (κ1) is 47.9. The van der Waals surface area contributed by atoms with Crippen molar-refractivity contribution < 1.29 is 38.7 Å². The molecule has 7 amide bonds. The van der Waals surface area contributed by atoms with Gasteiger partial charge in [-0.15, -0.1) is 0 Å². The molecule has 0 aromatic rings. The van der Waals surface area contributed by atoms with Gasteiger partial charge in [0.05, 0.1) is 6.10 Å². The molecule has 3 fully saturated rings. The fourth-order valence-electron chi connectivity index (χ4n) is 8.20. The number of carbonyl (C=O) groups is 7. The van der Waals surface area contributed by atoms with Crippen molar-refractivity contribution in [2.45, 2.75) is 166 Å². The first-order chi connectivity index (χ1) is 27.3. The summed E-state index contributed by atoms with van der Waals surface area (Å²) in [7, 11) is 0. The number of nitrogens with two attached hydrogens (primary N) is 1. The van der Waals surface area contributed by atoms with Crippen molar-refractivity contribution in [2.24, 2.45) is 11.7 Å². The van der Waals surface area contributed by atoms with Crippen molar-refractivity contribution in [3.05, 3.63) is 0 Å². The Morgan fingerprint density at radius 3 is 1.93 bits per heavy atom. The van der Waals surface area contributed by atoms with E-state index in [1.165, 1.54) is 35.4 Å². The lowest BCUT2D eigenvalue weighted by Gasteiger charge is -2.38. The third-order valence-electron chi connectivity index (χ3n) is 11.3. The summed E-state index contributed by atoms with van der Waals surface area (Å²) >= 11 is 1.51. The van der Waals surface area contributed by atoms with Gasteiger partial charge in [0, 0.05) is 26.6 Å². The molecule has 8 N–H and O–H groups in total. The first-order valence-corrected chi connectivity index (χ1v) is 22.7. The lowest BCUT2D eigenvalue weighted by Crippen LogP contribution is -2.61. The smallest absolute Gasteiger partial charge is 0.245 e. The molecule has 0 aromatic heterocycles. The van der Waals surface area contributed by atoms with Crippen molar-refractivity contribution >= 4 is 53.1 Å². The summed E-state index contributed by atoms with van der Waals surface area (Å²) in [5, 5.41) is 24.3. The highest BCUT2D eigenvalue weighted by molar-refractivity contribution is 7.98. The molecule has 1 aliphatic carbocycles. The van der Waals surface area contributed by atoms with E-state index < -0.39 is 77.8 Å². The Morgan fingerprint density at radius 1 is 0.737 bits per heavy atom. The summed E-state index contributed by atoms with van der Waals surface area (Å²) < 4.78 is 0. The van der Waals surface area contributed by atoms with Crippen LogP contribution in [0, 0.1) is 5.92 Å². The summed E-state index contributed by atoms with van der Waals surface area (Å²) in [6, 6.07) is -5.67. The maximum absolute atomic E-state index is 14.4. The van der Waals surface area contributed by atoms with E-state index in [2.05, 4.69) is 26.6 Å². The second-order valence-corrected chi connectivity index (χ2v) is 16.9. The van der Waals surface area contributed by atoms with Crippen molar-refractivity contribution in [3.8, 4) is 0 Å². The molecule has 0 bridgehead atoms. The number of nitrogens with one attached hydrogen (secondary N) is 5. The molecule has 0 aromatic carbocycles. The molecule has 0 radical (unpaired) electrons. The third kappa shape index (κ3) is 15.0. The predicted octanol–water partition coefficient (Wildman–Crippen LogP) is 1.08. The fraction of sp³-hybridized carbons (Fsp3) is 0.825. The van der Waals surface area contributed by atoms with E-state index in [0.717, 1.165) is 32.1 Å². The normalized spacial score (nSPS) is 21.4. The fourth-order valence-corrected chi connectivity index (χ4v) is 8.67. The average molecular weight is 823 g/mol. The molecule has 57 heavy (non-hydrogen) atoms.